The van der Waals surface area contributed by atoms with Gasteiger partial charge in [-0.1, -0.05) is 135 Å². The molecule has 0 saturated carbocycles. The predicted octanol–water partition coefficient (Wildman–Crippen LogP) is 12.6. The van der Waals surface area contributed by atoms with Crippen LogP contribution in [-0.2, 0) is 5.41 Å². The van der Waals surface area contributed by atoms with E-state index in [9.17, 15) is 0 Å². The van der Waals surface area contributed by atoms with Gasteiger partial charge in [0.1, 0.15) is 11.5 Å². The van der Waals surface area contributed by atoms with Gasteiger partial charge < -0.3 is 4.74 Å². The smallest absolute Gasteiger partial charge is 0.143 e. The molecule has 1 nitrogen and oxygen atoms in total. The molecule has 0 N–H and O–H groups in total. The fourth-order valence-electron chi connectivity index (χ4n) is 8.11. The maximum atomic E-state index is 6.94. The monoisotopic (exact) mass is 586 g/mol. The third-order valence-electron chi connectivity index (χ3n) is 10.4. The lowest BCUT2D eigenvalue weighted by molar-refractivity contribution is 0.489. The highest BCUT2D eigenvalue weighted by Gasteiger charge is 2.35. The van der Waals surface area contributed by atoms with E-state index < -0.39 is 0 Å². The van der Waals surface area contributed by atoms with Crippen molar-refractivity contribution in [2.24, 2.45) is 0 Å². The molecule has 8 aromatic carbocycles. The topological polar surface area (TPSA) is 9.23 Å². The van der Waals surface area contributed by atoms with Crippen molar-refractivity contribution < 1.29 is 4.74 Å². The van der Waals surface area contributed by atoms with E-state index in [1.165, 1.54) is 76.8 Å². The van der Waals surface area contributed by atoms with Gasteiger partial charge in [0.15, 0.2) is 0 Å². The summed E-state index contributed by atoms with van der Waals surface area (Å²) in [5, 5.41) is 7.35. The second-order valence-corrected chi connectivity index (χ2v) is 13.3. The van der Waals surface area contributed by atoms with Crippen molar-refractivity contribution in [3.63, 3.8) is 0 Å². The van der Waals surface area contributed by atoms with Crippen LogP contribution in [0.3, 0.4) is 0 Å². The Labute approximate surface area is 268 Å². The first-order valence-corrected chi connectivity index (χ1v) is 16.1. The van der Waals surface area contributed by atoms with Gasteiger partial charge in [-0.3, -0.25) is 0 Å². The van der Waals surface area contributed by atoms with E-state index in [0.29, 0.717) is 0 Å². The van der Waals surface area contributed by atoms with E-state index in [4.69, 9.17) is 4.74 Å². The van der Waals surface area contributed by atoms with Crippen LogP contribution in [0.4, 0.5) is 0 Å². The molecule has 1 aliphatic carbocycles. The third kappa shape index (κ3) is 3.51. The summed E-state index contributed by atoms with van der Waals surface area (Å²) in [6, 6.07) is 53.4. The Bertz CT molecular complexity index is 2590. The summed E-state index contributed by atoms with van der Waals surface area (Å²) in [5.41, 5.74) is 12.5. The summed E-state index contributed by atoms with van der Waals surface area (Å²) in [6.07, 6.45) is 0. The zero-order valence-electron chi connectivity index (χ0n) is 25.8. The standard InChI is InChI=1S/C45H30O/c1-45(2)40-16-6-5-11-34(40)39-25-31(21-22-41(39)45)33-12-7-15-37-35-13-8-14-36-38-24-30(29-18-17-27-9-3-4-10-28(27)23-29)19-20-32(38)26-42(43(35)36)46-44(33)37/h3-26H,1-2H3. The van der Waals surface area contributed by atoms with Gasteiger partial charge in [0, 0.05) is 21.9 Å². The van der Waals surface area contributed by atoms with Crippen molar-refractivity contribution in [1.82, 2.24) is 0 Å². The number of ether oxygens (including phenoxy) is 1. The molecule has 2 aliphatic rings. The molecule has 0 fully saturated rings. The lowest BCUT2D eigenvalue weighted by Gasteiger charge is -2.25. The lowest BCUT2D eigenvalue weighted by Crippen LogP contribution is -2.14. The first-order chi connectivity index (χ1) is 22.5. The molecule has 8 aromatic rings. The van der Waals surface area contributed by atoms with Crippen molar-refractivity contribution in [2.75, 3.05) is 0 Å². The normalized spacial score (nSPS) is 13.8. The van der Waals surface area contributed by atoms with Gasteiger partial charge in [-0.2, -0.15) is 0 Å². The Morgan fingerprint density at radius 2 is 1.09 bits per heavy atom. The number of hydrogen-bond acceptors (Lipinski definition) is 1. The molecule has 0 aromatic heterocycles. The van der Waals surface area contributed by atoms with E-state index in [2.05, 4.69) is 159 Å². The quantitative estimate of drug-likeness (QED) is 0.183. The van der Waals surface area contributed by atoms with Gasteiger partial charge in [-0.15, -0.1) is 0 Å². The minimum absolute atomic E-state index is 0.0130. The van der Waals surface area contributed by atoms with Crippen molar-refractivity contribution in [3.8, 4) is 56.0 Å². The summed E-state index contributed by atoms with van der Waals surface area (Å²) in [5.74, 6) is 1.85. The van der Waals surface area contributed by atoms with Crippen LogP contribution >= 0.6 is 0 Å². The van der Waals surface area contributed by atoms with Crippen LogP contribution in [0.1, 0.15) is 25.0 Å². The van der Waals surface area contributed by atoms with E-state index in [-0.39, 0.29) is 5.41 Å². The summed E-state index contributed by atoms with van der Waals surface area (Å²) < 4.78 is 6.94. The van der Waals surface area contributed by atoms with Gasteiger partial charge in [0.2, 0.25) is 0 Å². The molecule has 46 heavy (non-hydrogen) atoms. The zero-order chi connectivity index (χ0) is 30.6. The fourth-order valence-corrected chi connectivity index (χ4v) is 8.11. The molecule has 0 bridgehead atoms. The third-order valence-corrected chi connectivity index (χ3v) is 10.4. The fraction of sp³-hybridized carbons (Fsp3) is 0.0667. The Kier molecular flexibility index (Phi) is 5.12. The molecular formula is C45H30O. The number of benzene rings is 8. The number of rotatable bonds is 2. The molecule has 0 saturated heterocycles. The van der Waals surface area contributed by atoms with Crippen LogP contribution in [0, 0.1) is 0 Å². The maximum absolute atomic E-state index is 6.94. The van der Waals surface area contributed by atoms with Crippen LogP contribution in [0.2, 0.25) is 0 Å². The molecule has 1 heteroatoms. The zero-order valence-corrected chi connectivity index (χ0v) is 25.8. The molecule has 0 amide bonds. The predicted molar refractivity (Wildman–Crippen MR) is 193 cm³/mol. The second-order valence-electron chi connectivity index (χ2n) is 13.3. The van der Waals surface area contributed by atoms with Gasteiger partial charge in [-0.05, 0) is 95.7 Å². The van der Waals surface area contributed by atoms with Crippen LogP contribution in [0.15, 0.2) is 146 Å². The molecule has 0 spiro atoms. The Balaban J connectivity index is 1.14. The lowest BCUT2D eigenvalue weighted by atomic mass is 9.82. The molecular weight excluding hydrogens is 556 g/mol. The first-order valence-electron chi connectivity index (χ1n) is 16.1. The van der Waals surface area contributed by atoms with Crippen LogP contribution in [-0.4, -0.2) is 0 Å². The van der Waals surface area contributed by atoms with Crippen molar-refractivity contribution in [2.45, 2.75) is 19.3 Å². The Morgan fingerprint density at radius 1 is 0.413 bits per heavy atom. The number of hydrogen-bond donors (Lipinski definition) is 0. The highest BCUT2D eigenvalue weighted by atomic mass is 16.5. The second kappa shape index (κ2) is 9.19. The molecule has 0 unspecified atom stereocenters. The summed E-state index contributed by atoms with van der Waals surface area (Å²) in [7, 11) is 0. The molecule has 0 radical (unpaired) electrons. The van der Waals surface area contributed by atoms with Gasteiger partial charge in [0.05, 0.1) is 0 Å². The minimum Gasteiger partial charge on any atom is -0.455 e. The van der Waals surface area contributed by atoms with E-state index >= 15 is 0 Å². The number of fused-ring (bicyclic) bond motifs is 8. The molecule has 1 heterocycles. The van der Waals surface area contributed by atoms with Gasteiger partial charge >= 0.3 is 0 Å². The van der Waals surface area contributed by atoms with Gasteiger partial charge in [-0.25, -0.2) is 0 Å². The largest absolute Gasteiger partial charge is 0.455 e. The average Bonchev–Trinajstić information content (AvgIpc) is 3.33. The molecule has 0 atom stereocenters. The summed E-state index contributed by atoms with van der Waals surface area (Å²) >= 11 is 0. The SMILES string of the molecule is CC1(C)c2ccccc2-c2cc(-c3cccc4c3Oc3cc5ccc(-c6ccc7ccccc7c6)cc5c5cccc-4c35)ccc21. The molecule has 10 rings (SSSR count). The van der Waals surface area contributed by atoms with Crippen molar-refractivity contribution >= 4 is 32.3 Å². The van der Waals surface area contributed by atoms with Crippen LogP contribution in [0.25, 0.3) is 76.8 Å². The van der Waals surface area contributed by atoms with E-state index in [1.807, 2.05) is 0 Å². The summed E-state index contributed by atoms with van der Waals surface area (Å²) in [6.45, 7) is 4.66. The average molecular weight is 587 g/mol. The van der Waals surface area contributed by atoms with E-state index in [1.54, 1.807) is 0 Å². The van der Waals surface area contributed by atoms with Crippen LogP contribution < -0.4 is 4.74 Å². The summed E-state index contributed by atoms with van der Waals surface area (Å²) in [4.78, 5) is 0. The first kappa shape index (κ1) is 25.6. The van der Waals surface area contributed by atoms with E-state index in [0.717, 1.165) is 22.6 Å². The maximum Gasteiger partial charge on any atom is 0.143 e. The number of para-hydroxylation sites is 1. The minimum atomic E-state index is -0.0130. The van der Waals surface area contributed by atoms with Gasteiger partial charge in [0.25, 0.3) is 0 Å². The Hall–Kier alpha value is -5.66. The Morgan fingerprint density at radius 3 is 2.00 bits per heavy atom. The van der Waals surface area contributed by atoms with Crippen molar-refractivity contribution in [3.05, 3.63) is 157 Å². The highest BCUT2D eigenvalue weighted by molar-refractivity contribution is 6.17. The molecule has 216 valence electrons. The van der Waals surface area contributed by atoms with Crippen LogP contribution in [0.5, 0.6) is 11.5 Å². The molecule has 1 aliphatic heterocycles. The highest BCUT2D eigenvalue weighted by Crippen LogP contribution is 2.54. The van der Waals surface area contributed by atoms with Crippen molar-refractivity contribution in [1.29, 1.82) is 0 Å².